The second-order valence-corrected chi connectivity index (χ2v) is 4.70. The molecule has 21 heavy (non-hydrogen) atoms. The summed E-state index contributed by atoms with van der Waals surface area (Å²) in [4.78, 5) is 21.7. The number of nitrogens with zero attached hydrogens (tertiary/aromatic N) is 3. The lowest BCUT2D eigenvalue weighted by Crippen LogP contribution is -2.33. The van der Waals surface area contributed by atoms with Crippen molar-refractivity contribution in [3.63, 3.8) is 0 Å². The van der Waals surface area contributed by atoms with Gasteiger partial charge in [0.25, 0.3) is 5.56 Å². The second kappa shape index (κ2) is 5.15. The van der Waals surface area contributed by atoms with E-state index in [-0.39, 0.29) is 17.0 Å². The summed E-state index contributed by atoms with van der Waals surface area (Å²) in [6.07, 6.45) is -3.47. The summed E-state index contributed by atoms with van der Waals surface area (Å²) in [5.41, 5.74) is -0.621. The van der Waals surface area contributed by atoms with Crippen LogP contribution in [0.1, 0.15) is 12.1 Å². The predicted molar refractivity (Wildman–Crippen MR) is 66.0 cm³/mol. The maximum Gasteiger partial charge on any atom is 0.279 e. The molecule has 1 aliphatic heterocycles. The van der Waals surface area contributed by atoms with Crippen molar-refractivity contribution in [3.8, 4) is 0 Å². The molecule has 0 bridgehead atoms. The van der Waals surface area contributed by atoms with E-state index >= 15 is 0 Å². The lowest BCUT2D eigenvalue weighted by Gasteiger charge is -2.16. The summed E-state index contributed by atoms with van der Waals surface area (Å²) in [5, 5.41) is 28.8. The first-order valence-electron chi connectivity index (χ1n) is 6.21. The van der Waals surface area contributed by atoms with E-state index in [9.17, 15) is 19.4 Å². The van der Waals surface area contributed by atoms with Crippen LogP contribution in [0.4, 0.5) is 4.39 Å². The van der Waals surface area contributed by atoms with Gasteiger partial charge in [-0.05, 0) is 0 Å². The topological polar surface area (TPSA) is 133 Å². The fourth-order valence-electron chi connectivity index (χ4n) is 2.33. The number of H-pyrrole nitrogens is 1. The first kappa shape index (κ1) is 14.1. The number of hydrogen-bond acceptors (Lipinski definition) is 7. The Morgan fingerprint density at radius 3 is 2.81 bits per heavy atom. The molecule has 4 N–H and O–H groups in total. The first-order chi connectivity index (χ1) is 10.1. The van der Waals surface area contributed by atoms with Crippen LogP contribution in [0.15, 0.2) is 11.1 Å². The molecule has 3 heterocycles. The summed E-state index contributed by atoms with van der Waals surface area (Å²) in [6, 6.07) is 0. The van der Waals surface area contributed by atoms with Gasteiger partial charge < -0.3 is 25.0 Å². The zero-order chi connectivity index (χ0) is 15.1. The Hall–Kier alpha value is -1.88. The molecule has 3 rings (SSSR count). The maximum atomic E-state index is 12.7. The molecule has 2 aromatic rings. The largest absolute Gasteiger partial charge is 0.394 e. The number of rotatable bonds is 3. The number of halogens is 1. The van der Waals surface area contributed by atoms with E-state index in [1.165, 1.54) is 10.9 Å². The number of fused-ring (bicyclic) bond motifs is 1. The lowest BCUT2D eigenvalue weighted by molar-refractivity contribution is -0.0511. The highest BCUT2D eigenvalue weighted by Gasteiger charge is 2.44. The molecule has 0 aliphatic carbocycles. The number of aliphatic hydroxyl groups is 3. The van der Waals surface area contributed by atoms with Gasteiger partial charge in [-0.25, -0.2) is 14.4 Å². The molecule has 0 saturated carbocycles. The van der Waals surface area contributed by atoms with E-state index in [0.29, 0.717) is 0 Å². The van der Waals surface area contributed by atoms with Crippen molar-refractivity contribution < 1.29 is 24.4 Å². The monoisotopic (exact) mass is 300 g/mol. The molecular weight excluding hydrogens is 287 g/mol. The standard InChI is InChI=1S/C11H13FN4O5/c12-1-5-14-9-6(10(20)15-5)13-3-16(9)11-8(19)7(18)4(2-17)21-11/h3-4,7-8,11,17-19H,1-2H2,(H,14,15,20)/t4-,7-,8-,11-/m0/s1. The van der Waals surface area contributed by atoms with Crippen molar-refractivity contribution in [2.75, 3.05) is 6.61 Å². The quantitative estimate of drug-likeness (QED) is 0.525. The molecular formula is C11H13FN4O5. The minimum Gasteiger partial charge on any atom is -0.394 e. The number of aliphatic hydroxyl groups excluding tert-OH is 3. The summed E-state index contributed by atoms with van der Waals surface area (Å²) in [5.74, 6) is -0.180. The molecule has 4 atom stereocenters. The van der Waals surface area contributed by atoms with Crippen LogP contribution in [-0.2, 0) is 11.4 Å². The average Bonchev–Trinajstić information content (AvgIpc) is 3.02. The molecule has 1 saturated heterocycles. The summed E-state index contributed by atoms with van der Waals surface area (Å²) >= 11 is 0. The van der Waals surface area contributed by atoms with Gasteiger partial charge in [0.05, 0.1) is 12.9 Å². The highest BCUT2D eigenvalue weighted by molar-refractivity contribution is 5.69. The van der Waals surface area contributed by atoms with Crippen molar-refractivity contribution in [1.29, 1.82) is 0 Å². The molecule has 0 amide bonds. The molecule has 1 fully saturated rings. The van der Waals surface area contributed by atoms with Crippen molar-refractivity contribution in [3.05, 3.63) is 22.5 Å². The Balaban J connectivity index is 2.09. The maximum absolute atomic E-state index is 12.7. The Morgan fingerprint density at radius 2 is 2.19 bits per heavy atom. The Kier molecular flexibility index (Phi) is 3.45. The molecule has 0 radical (unpaired) electrons. The zero-order valence-corrected chi connectivity index (χ0v) is 10.7. The van der Waals surface area contributed by atoms with Crippen LogP contribution < -0.4 is 5.56 Å². The van der Waals surface area contributed by atoms with E-state index in [2.05, 4.69) is 15.0 Å². The number of aromatic nitrogens is 4. The number of ether oxygens (including phenoxy) is 1. The smallest absolute Gasteiger partial charge is 0.279 e. The van der Waals surface area contributed by atoms with Gasteiger partial charge in [0, 0.05) is 0 Å². The third kappa shape index (κ3) is 2.12. The summed E-state index contributed by atoms with van der Waals surface area (Å²) in [6.45, 7) is -1.45. The van der Waals surface area contributed by atoms with Crippen LogP contribution in [0.3, 0.4) is 0 Å². The van der Waals surface area contributed by atoms with E-state index in [1.807, 2.05) is 0 Å². The van der Waals surface area contributed by atoms with Gasteiger partial charge >= 0.3 is 0 Å². The molecule has 9 nitrogen and oxygen atoms in total. The van der Waals surface area contributed by atoms with Crippen LogP contribution in [0.5, 0.6) is 0 Å². The normalized spacial score (nSPS) is 29.3. The van der Waals surface area contributed by atoms with Crippen LogP contribution in [0.2, 0.25) is 0 Å². The minimum atomic E-state index is -1.34. The lowest BCUT2D eigenvalue weighted by atomic mass is 10.1. The fourth-order valence-corrected chi connectivity index (χ4v) is 2.33. The summed E-state index contributed by atoms with van der Waals surface area (Å²) in [7, 11) is 0. The van der Waals surface area contributed by atoms with E-state index < -0.39 is 43.4 Å². The van der Waals surface area contributed by atoms with Crippen molar-refractivity contribution >= 4 is 11.2 Å². The molecule has 0 aromatic carbocycles. The number of aromatic amines is 1. The number of nitrogens with one attached hydrogen (secondary N) is 1. The Bertz CT molecular complexity index is 716. The molecule has 0 spiro atoms. The molecule has 10 heteroatoms. The molecule has 0 unspecified atom stereocenters. The minimum absolute atomic E-state index is 0.0289. The first-order valence-corrected chi connectivity index (χ1v) is 6.21. The van der Waals surface area contributed by atoms with Gasteiger partial charge in [-0.3, -0.25) is 9.36 Å². The third-order valence-electron chi connectivity index (χ3n) is 3.40. The highest BCUT2D eigenvalue weighted by Crippen LogP contribution is 2.30. The Morgan fingerprint density at radius 1 is 1.43 bits per heavy atom. The Labute approximate surface area is 116 Å². The van der Waals surface area contributed by atoms with E-state index in [0.717, 1.165) is 0 Å². The molecule has 1 aliphatic rings. The van der Waals surface area contributed by atoms with Gasteiger partial charge in [0.1, 0.15) is 30.8 Å². The van der Waals surface area contributed by atoms with E-state index in [4.69, 9.17) is 9.84 Å². The van der Waals surface area contributed by atoms with Gasteiger partial charge in [-0.1, -0.05) is 0 Å². The SMILES string of the molecule is O=c1[nH]c(CF)nc2c1ncn2[C@H]1O[C@@H](CO)[C@H](O)[C@@H]1O. The third-order valence-corrected chi connectivity index (χ3v) is 3.40. The molecule has 114 valence electrons. The number of hydrogen-bond donors (Lipinski definition) is 4. The van der Waals surface area contributed by atoms with Gasteiger partial charge in [-0.2, -0.15) is 0 Å². The average molecular weight is 300 g/mol. The van der Waals surface area contributed by atoms with E-state index in [1.54, 1.807) is 0 Å². The predicted octanol–water partition coefficient (Wildman–Crippen LogP) is -1.80. The van der Waals surface area contributed by atoms with Crippen LogP contribution in [0.25, 0.3) is 11.2 Å². The van der Waals surface area contributed by atoms with Crippen molar-refractivity contribution in [1.82, 2.24) is 19.5 Å². The molecule has 2 aromatic heterocycles. The highest BCUT2D eigenvalue weighted by atomic mass is 19.1. The zero-order valence-electron chi connectivity index (χ0n) is 10.7. The number of alkyl halides is 1. The van der Waals surface area contributed by atoms with Crippen LogP contribution in [-0.4, -0.2) is 59.8 Å². The number of imidazole rings is 1. The van der Waals surface area contributed by atoms with Gasteiger partial charge in [-0.15, -0.1) is 0 Å². The van der Waals surface area contributed by atoms with Gasteiger partial charge in [0.2, 0.25) is 0 Å². The summed E-state index contributed by atoms with van der Waals surface area (Å²) < 4.78 is 19.2. The van der Waals surface area contributed by atoms with Crippen molar-refractivity contribution in [2.45, 2.75) is 31.2 Å². The fraction of sp³-hybridized carbons (Fsp3) is 0.545. The van der Waals surface area contributed by atoms with Crippen molar-refractivity contribution in [2.24, 2.45) is 0 Å². The van der Waals surface area contributed by atoms with Crippen LogP contribution in [0, 0.1) is 0 Å². The van der Waals surface area contributed by atoms with Gasteiger partial charge in [0.15, 0.2) is 17.4 Å². The second-order valence-electron chi connectivity index (χ2n) is 4.70. The van der Waals surface area contributed by atoms with Crippen LogP contribution >= 0.6 is 0 Å².